The molecular formula is C22H22N4O5S. The van der Waals surface area contributed by atoms with Crippen LogP contribution in [0.5, 0.6) is 0 Å². The third kappa shape index (κ3) is 4.01. The number of esters is 1. The smallest absolute Gasteiger partial charge is 0.359 e. The standard InChI is InChI=1S/C22H22N4O5S/c1-2-10-26-21(29)13-7-4-3-6-12(13)18(25-26)22(30)31-11-16(27)24-20-17(19(23)28)14-8-5-9-15(14)32-20/h3-4,6-7H,2,5,8-11H2,1H3,(H2,23,28)(H,24,27). The molecule has 1 aliphatic carbocycles. The molecule has 2 heterocycles. The van der Waals surface area contributed by atoms with Crippen molar-refractivity contribution in [2.75, 3.05) is 11.9 Å². The van der Waals surface area contributed by atoms with Gasteiger partial charge in [-0.25, -0.2) is 9.48 Å². The SMILES string of the molecule is CCCn1nc(C(=O)OCC(=O)Nc2sc3c(c2C(N)=O)CCC3)c2ccccc2c1=O. The first kappa shape index (κ1) is 21.7. The molecule has 10 heteroatoms. The summed E-state index contributed by atoms with van der Waals surface area (Å²) in [5.41, 5.74) is 6.41. The van der Waals surface area contributed by atoms with E-state index in [1.807, 2.05) is 6.92 Å². The Morgan fingerprint density at radius 3 is 2.69 bits per heavy atom. The highest BCUT2D eigenvalue weighted by Gasteiger charge is 2.26. The molecule has 0 radical (unpaired) electrons. The second kappa shape index (κ2) is 8.91. The van der Waals surface area contributed by atoms with E-state index < -0.39 is 24.4 Å². The molecule has 0 spiro atoms. The number of nitrogens with zero attached hydrogens (tertiary/aromatic N) is 2. The zero-order valence-electron chi connectivity index (χ0n) is 17.5. The van der Waals surface area contributed by atoms with Crippen LogP contribution in [-0.2, 0) is 28.9 Å². The molecule has 3 N–H and O–H groups in total. The summed E-state index contributed by atoms with van der Waals surface area (Å²) in [6, 6.07) is 6.63. The summed E-state index contributed by atoms with van der Waals surface area (Å²) in [6.07, 6.45) is 3.21. The highest BCUT2D eigenvalue weighted by Crippen LogP contribution is 2.38. The fourth-order valence-corrected chi connectivity index (χ4v) is 5.18. The lowest BCUT2D eigenvalue weighted by molar-refractivity contribution is -0.119. The second-order valence-electron chi connectivity index (χ2n) is 7.47. The quantitative estimate of drug-likeness (QED) is 0.526. The van der Waals surface area contributed by atoms with E-state index in [1.54, 1.807) is 24.3 Å². The van der Waals surface area contributed by atoms with Crippen molar-refractivity contribution >= 4 is 44.9 Å². The van der Waals surface area contributed by atoms with E-state index in [1.165, 1.54) is 16.0 Å². The van der Waals surface area contributed by atoms with E-state index in [2.05, 4.69) is 10.4 Å². The molecule has 0 atom stereocenters. The number of nitrogens with two attached hydrogens (primary N) is 1. The van der Waals surface area contributed by atoms with Crippen LogP contribution in [0.3, 0.4) is 0 Å². The molecule has 32 heavy (non-hydrogen) atoms. The summed E-state index contributed by atoms with van der Waals surface area (Å²) in [6.45, 7) is 1.68. The predicted molar refractivity (Wildman–Crippen MR) is 120 cm³/mol. The average molecular weight is 455 g/mol. The zero-order valence-corrected chi connectivity index (χ0v) is 18.3. The van der Waals surface area contributed by atoms with Crippen molar-refractivity contribution in [3.05, 3.63) is 56.3 Å². The Morgan fingerprint density at radius 2 is 1.97 bits per heavy atom. The van der Waals surface area contributed by atoms with Crippen LogP contribution in [-0.4, -0.2) is 34.2 Å². The number of amides is 2. The van der Waals surface area contributed by atoms with E-state index in [9.17, 15) is 19.2 Å². The van der Waals surface area contributed by atoms with Gasteiger partial charge in [0.2, 0.25) is 0 Å². The number of benzene rings is 1. The van der Waals surface area contributed by atoms with Crippen LogP contribution < -0.4 is 16.6 Å². The van der Waals surface area contributed by atoms with Crippen LogP contribution in [0.1, 0.15) is 51.1 Å². The van der Waals surface area contributed by atoms with Crippen molar-refractivity contribution in [1.29, 1.82) is 0 Å². The summed E-state index contributed by atoms with van der Waals surface area (Å²) in [5.74, 6) is -2.00. The van der Waals surface area contributed by atoms with Gasteiger partial charge in [-0.1, -0.05) is 25.1 Å². The molecule has 0 fully saturated rings. The number of hydrogen-bond donors (Lipinski definition) is 2. The minimum absolute atomic E-state index is 0.0330. The van der Waals surface area contributed by atoms with Gasteiger partial charge in [0.25, 0.3) is 17.4 Å². The van der Waals surface area contributed by atoms with Gasteiger partial charge in [0.05, 0.1) is 10.9 Å². The Hall–Kier alpha value is -3.53. The topological polar surface area (TPSA) is 133 Å². The third-order valence-electron chi connectivity index (χ3n) is 5.25. The van der Waals surface area contributed by atoms with Crippen LogP contribution in [0.4, 0.5) is 5.00 Å². The monoisotopic (exact) mass is 454 g/mol. The molecule has 3 aromatic rings. The number of ether oxygens (including phenoxy) is 1. The minimum Gasteiger partial charge on any atom is -0.451 e. The highest BCUT2D eigenvalue weighted by atomic mass is 32.1. The number of carbonyl (C=O) groups excluding carboxylic acids is 3. The first-order chi connectivity index (χ1) is 15.4. The van der Waals surface area contributed by atoms with E-state index in [0.29, 0.717) is 34.3 Å². The minimum atomic E-state index is -0.815. The van der Waals surface area contributed by atoms with Crippen molar-refractivity contribution in [3.8, 4) is 0 Å². The van der Waals surface area contributed by atoms with Gasteiger partial charge in [0.15, 0.2) is 12.3 Å². The number of thiophene rings is 1. The molecule has 0 aliphatic heterocycles. The van der Waals surface area contributed by atoms with Crippen molar-refractivity contribution in [2.45, 2.75) is 39.2 Å². The van der Waals surface area contributed by atoms with Gasteiger partial charge in [-0.15, -0.1) is 11.3 Å². The molecule has 166 valence electrons. The normalized spacial score (nSPS) is 12.5. The summed E-state index contributed by atoms with van der Waals surface area (Å²) < 4.78 is 6.41. The molecule has 9 nitrogen and oxygen atoms in total. The average Bonchev–Trinajstić information content (AvgIpc) is 3.34. The first-order valence-electron chi connectivity index (χ1n) is 10.3. The third-order valence-corrected chi connectivity index (χ3v) is 6.46. The van der Waals surface area contributed by atoms with Crippen molar-refractivity contribution in [2.24, 2.45) is 5.73 Å². The zero-order chi connectivity index (χ0) is 22.8. The Bertz CT molecular complexity index is 1290. The fraction of sp³-hybridized carbons (Fsp3) is 0.318. The molecule has 2 aromatic heterocycles. The number of rotatable bonds is 7. The van der Waals surface area contributed by atoms with Crippen LogP contribution >= 0.6 is 11.3 Å². The number of primary amides is 1. The maximum Gasteiger partial charge on any atom is 0.359 e. The Kier molecular flexibility index (Phi) is 6.04. The van der Waals surface area contributed by atoms with Gasteiger partial charge in [-0.2, -0.15) is 5.10 Å². The number of hydrogen-bond acceptors (Lipinski definition) is 7. The molecule has 1 aliphatic rings. The largest absolute Gasteiger partial charge is 0.451 e. The lowest BCUT2D eigenvalue weighted by atomic mass is 10.1. The maximum atomic E-state index is 12.7. The van der Waals surface area contributed by atoms with Gasteiger partial charge in [-0.3, -0.25) is 14.4 Å². The maximum absolute atomic E-state index is 12.7. The summed E-state index contributed by atoms with van der Waals surface area (Å²) in [4.78, 5) is 50.6. The predicted octanol–water partition coefficient (Wildman–Crippen LogP) is 2.25. The van der Waals surface area contributed by atoms with Gasteiger partial charge < -0.3 is 15.8 Å². The van der Waals surface area contributed by atoms with E-state index >= 15 is 0 Å². The number of anilines is 1. The molecule has 4 rings (SSSR count). The lowest BCUT2D eigenvalue weighted by Gasteiger charge is -2.10. The molecule has 0 saturated carbocycles. The number of aryl methyl sites for hydroxylation is 2. The molecule has 2 amide bonds. The van der Waals surface area contributed by atoms with Crippen LogP contribution in [0, 0.1) is 0 Å². The van der Waals surface area contributed by atoms with E-state index in [-0.39, 0.29) is 11.3 Å². The Morgan fingerprint density at radius 1 is 1.22 bits per heavy atom. The van der Waals surface area contributed by atoms with Crippen LogP contribution in [0.2, 0.25) is 0 Å². The highest BCUT2D eigenvalue weighted by molar-refractivity contribution is 7.17. The molecule has 0 saturated heterocycles. The number of fused-ring (bicyclic) bond motifs is 2. The lowest BCUT2D eigenvalue weighted by Crippen LogP contribution is -2.28. The van der Waals surface area contributed by atoms with Crippen molar-refractivity contribution < 1.29 is 19.1 Å². The Labute approximate surface area is 187 Å². The second-order valence-corrected chi connectivity index (χ2v) is 8.58. The van der Waals surface area contributed by atoms with Crippen LogP contribution in [0.15, 0.2) is 29.1 Å². The number of carbonyl (C=O) groups is 3. The van der Waals surface area contributed by atoms with Gasteiger partial charge in [0.1, 0.15) is 5.00 Å². The molecular weight excluding hydrogens is 432 g/mol. The molecule has 0 bridgehead atoms. The first-order valence-corrected chi connectivity index (χ1v) is 11.1. The Balaban J connectivity index is 1.52. The fourth-order valence-electron chi connectivity index (χ4n) is 3.86. The summed E-state index contributed by atoms with van der Waals surface area (Å²) in [5, 5.41) is 7.89. The van der Waals surface area contributed by atoms with Gasteiger partial charge >= 0.3 is 5.97 Å². The van der Waals surface area contributed by atoms with Crippen LogP contribution in [0.25, 0.3) is 10.8 Å². The summed E-state index contributed by atoms with van der Waals surface area (Å²) >= 11 is 1.32. The van der Waals surface area contributed by atoms with Crippen molar-refractivity contribution in [1.82, 2.24) is 9.78 Å². The van der Waals surface area contributed by atoms with Gasteiger partial charge in [0, 0.05) is 16.8 Å². The molecule has 0 unspecified atom stereocenters. The molecule has 1 aromatic carbocycles. The van der Waals surface area contributed by atoms with E-state index in [0.717, 1.165) is 29.7 Å². The van der Waals surface area contributed by atoms with Gasteiger partial charge in [-0.05, 0) is 37.3 Å². The van der Waals surface area contributed by atoms with Crippen molar-refractivity contribution in [3.63, 3.8) is 0 Å². The number of nitrogens with one attached hydrogen (secondary N) is 1. The number of aromatic nitrogens is 2. The summed E-state index contributed by atoms with van der Waals surface area (Å²) in [7, 11) is 0. The van der Waals surface area contributed by atoms with E-state index in [4.69, 9.17) is 10.5 Å².